The third-order valence-electron chi connectivity index (χ3n) is 4.83. The van der Waals surface area contributed by atoms with Gasteiger partial charge in [-0.05, 0) is 32.2 Å². The second-order valence-electron chi connectivity index (χ2n) is 5.95. The van der Waals surface area contributed by atoms with Crippen LogP contribution >= 0.6 is 0 Å². The Labute approximate surface area is 110 Å². The van der Waals surface area contributed by atoms with Crippen molar-refractivity contribution in [2.24, 2.45) is 0 Å². The van der Waals surface area contributed by atoms with Gasteiger partial charge in [0.1, 0.15) is 0 Å². The molecule has 3 rings (SSSR count). The van der Waals surface area contributed by atoms with Crippen molar-refractivity contribution in [3.05, 3.63) is 0 Å². The van der Waals surface area contributed by atoms with Gasteiger partial charge in [0.15, 0.2) is 0 Å². The van der Waals surface area contributed by atoms with Gasteiger partial charge in [-0.3, -0.25) is 9.69 Å². The van der Waals surface area contributed by atoms with E-state index >= 15 is 0 Å². The quantitative estimate of drug-likeness (QED) is 0.789. The van der Waals surface area contributed by atoms with E-state index in [1.54, 1.807) is 0 Å². The lowest BCUT2D eigenvalue weighted by Crippen LogP contribution is -2.54. The summed E-state index contributed by atoms with van der Waals surface area (Å²) in [5, 5.41) is 3.32. The highest BCUT2D eigenvalue weighted by atomic mass is 16.2. The summed E-state index contributed by atoms with van der Waals surface area (Å²) < 4.78 is 0. The van der Waals surface area contributed by atoms with E-state index in [1.807, 2.05) is 0 Å². The van der Waals surface area contributed by atoms with Gasteiger partial charge in [0.2, 0.25) is 5.91 Å². The van der Waals surface area contributed by atoms with Crippen LogP contribution in [-0.4, -0.2) is 60.5 Å². The maximum atomic E-state index is 12.3. The summed E-state index contributed by atoms with van der Waals surface area (Å²) in [7, 11) is 0. The Morgan fingerprint density at radius 1 is 0.944 bits per heavy atom. The number of carbonyl (C=O) groups excluding carboxylic acids is 1. The Morgan fingerprint density at radius 2 is 1.67 bits per heavy atom. The van der Waals surface area contributed by atoms with E-state index in [1.165, 1.54) is 25.7 Å². The average Bonchev–Trinajstić information content (AvgIpc) is 3.11. The number of rotatable bonds is 2. The number of hydrogen-bond acceptors (Lipinski definition) is 3. The Hall–Kier alpha value is -0.610. The summed E-state index contributed by atoms with van der Waals surface area (Å²) >= 11 is 0. The first kappa shape index (κ1) is 12.4. The van der Waals surface area contributed by atoms with Gasteiger partial charge in [-0.15, -0.1) is 0 Å². The predicted octanol–water partition coefficient (Wildman–Crippen LogP) is 0.825. The minimum Gasteiger partial charge on any atom is -0.339 e. The Morgan fingerprint density at radius 3 is 2.28 bits per heavy atom. The highest BCUT2D eigenvalue weighted by Crippen LogP contribution is 2.24. The van der Waals surface area contributed by atoms with E-state index in [0.29, 0.717) is 5.91 Å². The maximum absolute atomic E-state index is 12.3. The molecule has 102 valence electrons. The van der Waals surface area contributed by atoms with Crippen molar-refractivity contribution >= 4 is 5.91 Å². The molecule has 1 aliphatic carbocycles. The molecule has 18 heavy (non-hydrogen) atoms. The van der Waals surface area contributed by atoms with Crippen molar-refractivity contribution in [1.82, 2.24) is 15.1 Å². The third kappa shape index (κ3) is 2.54. The lowest BCUT2D eigenvalue weighted by molar-refractivity contribution is -0.135. The zero-order chi connectivity index (χ0) is 12.4. The molecule has 2 heterocycles. The van der Waals surface area contributed by atoms with Crippen molar-refractivity contribution in [3.8, 4) is 0 Å². The zero-order valence-electron chi connectivity index (χ0n) is 11.2. The van der Waals surface area contributed by atoms with E-state index in [9.17, 15) is 4.79 Å². The van der Waals surface area contributed by atoms with E-state index in [0.717, 1.165) is 51.6 Å². The average molecular weight is 251 g/mol. The van der Waals surface area contributed by atoms with Crippen molar-refractivity contribution in [3.63, 3.8) is 0 Å². The van der Waals surface area contributed by atoms with Gasteiger partial charge in [-0.25, -0.2) is 0 Å². The molecule has 0 spiro atoms. The molecular weight excluding hydrogens is 226 g/mol. The second-order valence-corrected chi connectivity index (χ2v) is 5.95. The van der Waals surface area contributed by atoms with Gasteiger partial charge in [0.05, 0.1) is 6.04 Å². The number of carbonyl (C=O) groups is 1. The fraction of sp³-hybridized carbons (Fsp3) is 0.929. The normalized spacial score (nSPS) is 31.1. The molecule has 0 aromatic carbocycles. The molecule has 0 unspecified atom stereocenters. The van der Waals surface area contributed by atoms with Crippen LogP contribution in [0.2, 0.25) is 0 Å². The fourth-order valence-corrected chi connectivity index (χ4v) is 3.69. The van der Waals surface area contributed by atoms with Crippen LogP contribution in [0.4, 0.5) is 0 Å². The van der Waals surface area contributed by atoms with Gasteiger partial charge >= 0.3 is 0 Å². The monoisotopic (exact) mass is 251 g/mol. The molecule has 1 atom stereocenters. The molecule has 4 heteroatoms. The van der Waals surface area contributed by atoms with Crippen LogP contribution in [0, 0.1) is 0 Å². The van der Waals surface area contributed by atoms with Crippen LogP contribution in [-0.2, 0) is 4.79 Å². The van der Waals surface area contributed by atoms with Crippen LogP contribution in [0.3, 0.4) is 0 Å². The summed E-state index contributed by atoms with van der Waals surface area (Å²) in [4.78, 5) is 17.0. The summed E-state index contributed by atoms with van der Waals surface area (Å²) in [6.45, 7) is 5.06. The van der Waals surface area contributed by atoms with Gasteiger partial charge in [0.25, 0.3) is 0 Å². The Kier molecular flexibility index (Phi) is 3.85. The first-order valence-corrected chi connectivity index (χ1v) is 7.61. The Bertz CT molecular complexity index is 287. The third-order valence-corrected chi connectivity index (χ3v) is 4.83. The molecule has 0 aromatic rings. The van der Waals surface area contributed by atoms with Gasteiger partial charge < -0.3 is 10.2 Å². The maximum Gasteiger partial charge on any atom is 0.239 e. The molecule has 4 nitrogen and oxygen atoms in total. The molecule has 0 bridgehead atoms. The molecule has 1 amide bonds. The number of nitrogens with one attached hydrogen (secondary N) is 1. The van der Waals surface area contributed by atoms with Crippen molar-refractivity contribution in [2.75, 3.05) is 32.7 Å². The van der Waals surface area contributed by atoms with Crippen LogP contribution in [0.1, 0.15) is 38.5 Å². The fourth-order valence-electron chi connectivity index (χ4n) is 3.69. The zero-order valence-corrected chi connectivity index (χ0v) is 11.2. The summed E-state index contributed by atoms with van der Waals surface area (Å²) in [5.41, 5.74) is 0. The van der Waals surface area contributed by atoms with Gasteiger partial charge in [0, 0.05) is 32.2 Å². The van der Waals surface area contributed by atoms with E-state index in [2.05, 4.69) is 15.1 Å². The highest BCUT2D eigenvalue weighted by Gasteiger charge is 2.31. The van der Waals surface area contributed by atoms with Crippen molar-refractivity contribution in [2.45, 2.75) is 50.6 Å². The molecule has 1 saturated carbocycles. The van der Waals surface area contributed by atoms with Crippen molar-refractivity contribution < 1.29 is 4.79 Å². The lowest BCUT2D eigenvalue weighted by Gasteiger charge is -2.38. The smallest absolute Gasteiger partial charge is 0.239 e. The topological polar surface area (TPSA) is 35.6 Å². The molecule has 2 aliphatic heterocycles. The van der Waals surface area contributed by atoms with E-state index in [4.69, 9.17) is 0 Å². The highest BCUT2D eigenvalue weighted by molar-refractivity contribution is 5.82. The summed E-state index contributed by atoms with van der Waals surface area (Å²) in [6, 6.07) is 0.926. The summed E-state index contributed by atoms with van der Waals surface area (Å²) in [6.07, 6.45) is 7.72. The standard InChI is InChI=1S/C14H25N3O/c18-14(13-6-3-7-15-13)17-10-8-16(9-11-17)12-4-1-2-5-12/h12-13,15H,1-11H2/t13-/m1/s1. The lowest BCUT2D eigenvalue weighted by atomic mass is 10.1. The largest absolute Gasteiger partial charge is 0.339 e. The molecule has 0 aromatic heterocycles. The first-order valence-electron chi connectivity index (χ1n) is 7.61. The number of hydrogen-bond donors (Lipinski definition) is 1. The number of nitrogens with zero attached hydrogens (tertiary/aromatic N) is 2. The van der Waals surface area contributed by atoms with Crippen LogP contribution in [0.5, 0.6) is 0 Å². The minimum absolute atomic E-state index is 0.114. The molecular formula is C14H25N3O. The van der Waals surface area contributed by atoms with E-state index < -0.39 is 0 Å². The molecule has 1 N–H and O–H groups in total. The molecule has 2 saturated heterocycles. The molecule has 3 fully saturated rings. The second kappa shape index (κ2) is 5.57. The van der Waals surface area contributed by atoms with Gasteiger partial charge in [-0.2, -0.15) is 0 Å². The van der Waals surface area contributed by atoms with Crippen LogP contribution < -0.4 is 5.32 Å². The number of piperazine rings is 1. The number of amides is 1. The minimum atomic E-state index is 0.114. The summed E-state index contributed by atoms with van der Waals surface area (Å²) in [5.74, 6) is 0.346. The molecule has 0 radical (unpaired) electrons. The first-order chi connectivity index (χ1) is 8.84. The van der Waals surface area contributed by atoms with Crippen LogP contribution in [0.15, 0.2) is 0 Å². The van der Waals surface area contributed by atoms with Crippen LogP contribution in [0.25, 0.3) is 0 Å². The van der Waals surface area contributed by atoms with E-state index in [-0.39, 0.29) is 6.04 Å². The SMILES string of the molecule is O=C([C@H]1CCCN1)N1CCN(C2CCCC2)CC1. The van der Waals surface area contributed by atoms with Crippen molar-refractivity contribution in [1.29, 1.82) is 0 Å². The molecule has 3 aliphatic rings. The van der Waals surface area contributed by atoms with Gasteiger partial charge in [-0.1, -0.05) is 12.8 Å². The predicted molar refractivity (Wildman–Crippen MR) is 71.4 cm³/mol. The Balaban J connectivity index is 1.48.